The van der Waals surface area contributed by atoms with Gasteiger partial charge in [-0.25, -0.2) is 0 Å². The number of aromatic nitrogens is 2. The zero-order chi connectivity index (χ0) is 46.1. The van der Waals surface area contributed by atoms with Crippen molar-refractivity contribution in [2.45, 2.75) is 84.2 Å². The fourth-order valence-corrected chi connectivity index (χ4v) is 7.62. The molecule has 2 amide bonds. The highest BCUT2D eigenvalue weighted by Gasteiger charge is 2.37. The van der Waals surface area contributed by atoms with E-state index in [2.05, 4.69) is 58.6 Å². The molecule has 63 heavy (non-hydrogen) atoms. The molecule has 2 fully saturated rings. The first kappa shape index (κ1) is 49.9. The molecule has 6 rings (SSSR count). The van der Waals surface area contributed by atoms with E-state index in [-0.39, 0.29) is 71.5 Å². The average molecular weight is 979 g/mol. The third-order valence-corrected chi connectivity index (χ3v) is 16.1. The number of halogens is 8. The summed E-state index contributed by atoms with van der Waals surface area (Å²) < 4.78 is 77.6. The second-order valence-electron chi connectivity index (χ2n) is 16.4. The Bertz CT molecular complexity index is 2170. The number of hydrogen-bond acceptors (Lipinski definition) is 9. The molecule has 0 aliphatic heterocycles. The van der Waals surface area contributed by atoms with Crippen LogP contribution in [0, 0.1) is 11.8 Å². The van der Waals surface area contributed by atoms with Gasteiger partial charge in [0, 0.05) is 49.1 Å². The molecule has 2 aliphatic carbocycles. The summed E-state index contributed by atoms with van der Waals surface area (Å²) in [4.78, 5) is 35.5. The predicted molar refractivity (Wildman–Crippen MR) is 238 cm³/mol. The van der Waals surface area contributed by atoms with Crippen LogP contribution in [0.15, 0.2) is 61.2 Å². The quantitative estimate of drug-likeness (QED) is 0.0556. The molecule has 20 heteroatoms. The number of benzene rings is 2. The average Bonchev–Trinajstić information content (AvgIpc) is 4.15. The molecule has 2 aliphatic rings. The SMILES string of the molecule is CC(C)(C)[Si](C)(C)OCCCN(C(=O)c1ccc(OC(F)F)c(OCC2CC2)c1)c1c(Cl)cncc1Cl.O=C(Nc1c(Cl)cncc1Cl)c1ccc(OC(F)F)c(OCC2CC2)c1. The van der Waals surface area contributed by atoms with Crippen LogP contribution in [-0.2, 0) is 4.43 Å². The lowest BCUT2D eigenvalue weighted by molar-refractivity contribution is -0.0521. The zero-order valence-corrected chi connectivity index (χ0v) is 39.2. The molecule has 2 aromatic heterocycles. The highest BCUT2D eigenvalue weighted by molar-refractivity contribution is 6.74. The lowest BCUT2D eigenvalue weighted by Gasteiger charge is -2.36. The summed E-state index contributed by atoms with van der Waals surface area (Å²) in [5.74, 6) is -0.240. The Morgan fingerprint density at radius 2 is 1.21 bits per heavy atom. The van der Waals surface area contributed by atoms with Crippen LogP contribution in [0.25, 0.3) is 0 Å². The van der Waals surface area contributed by atoms with Gasteiger partial charge in [0.15, 0.2) is 31.3 Å². The van der Waals surface area contributed by atoms with Crippen LogP contribution in [0.3, 0.4) is 0 Å². The molecular formula is C43H48Cl4F4N4O7Si. The number of amides is 2. The lowest BCUT2D eigenvalue weighted by Crippen LogP contribution is -2.41. The van der Waals surface area contributed by atoms with Gasteiger partial charge in [0.05, 0.1) is 44.7 Å². The van der Waals surface area contributed by atoms with Gasteiger partial charge in [-0.15, -0.1) is 0 Å². The van der Waals surface area contributed by atoms with E-state index < -0.39 is 33.4 Å². The summed E-state index contributed by atoms with van der Waals surface area (Å²) in [5.41, 5.74) is 0.939. The van der Waals surface area contributed by atoms with Crippen LogP contribution in [0.4, 0.5) is 28.9 Å². The normalized spacial score (nSPS) is 13.9. The molecule has 0 saturated heterocycles. The number of rotatable bonds is 19. The van der Waals surface area contributed by atoms with Crippen LogP contribution >= 0.6 is 46.4 Å². The van der Waals surface area contributed by atoms with Crippen molar-refractivity contribution in [1.29, 1.82) is 0 Å². The van der Waals surface area contributed by atoms with E-state index in [1.807, 2.05) is 0 Å². The second-order valence-corrected chi connectivity index (χ2v) is 22.8. The van der Waals surface area contributed by atoms with E-state index in [1.165, 1.54) is 66.1 Å². The molecule has 1 N–H and O–H groups in total. The summed E-state index contributed by atoms with van der Waals surface area (Å²) in [7, 11) is -1.97. The minimum Gasteiger partial charge on any atom is -0.489 e. The van der Waals surface area contributed by atoms with Crippen LogP contribution in [0.2, 0.25) is 38.2 Å². The Labute approximate surface area is 384 Å². The van der Waals surface area contributed by atoms with Gasteiger partial charge in [-0.2, -0.15) is 17.6 Å². The first-order chi connectivity index (χ1) is 29.7. The number of pyridine rings is 2. The first-order valence-corrected chi connectivity index (χ1v) is 24.4. The van der Waals surface area contributed by atoms with Gasteiger partial charge in [-0.1, -0.05) is 67.2 Å². The van der Waals surface area contributed by atoms with Crippen LogP contribution in [-0.4, -0.2) is 69.7 Å². The Morgan fingerprint density at radius 1 is 0.746 bits per heavy atom. The molecule has 2 heterocycles. The number of nitrogens with zero attached hydrogens (tertiary/aromatic N) is 3. The number of carbonyl (C=O) groups is 2. The number of anilines is 2. The molecule has 2 saturated carbocycles. The van der Waals surface area contributed by atoms with Gasteiger partial charge in [0.1, 0.15) is 0 Å². The molecule has 0 radical (unpaired) electrons. The van der Waals surface area contributed by atoms with Crippen molar-refractivity contribution >= 4 is 77.9 Å². The van der Waals surface area contributed by atoms with Crippen molar-refractivity contribution in [1.82, 2.24) is 9.97 Å². The van der Waals surface area contributed by atoms with Crippen molar-refractivity contribution in [2.24, 2.45) is 11.8 Å². The van der Waals surface area contributed by atoms with Gasteiger partial charge < -0.3 is 33.6 Å². The van der Waals surface area contributed by atoms with Crippen molar-refractivity contribution in [3.8, 4) is 23.0 Å². The van der Waals surface area contributed by atoms with E-state index in [0.29, 0.717) is 43.8 Å². The Morgan fingerprint density at radius 3 is 1.67 bits per heavy atom. The molecule has 11 nitrogen and oxygen atoms in total. The van der Waals surface area contributed by atoms with Crippen molar-refractivity contribution < 1.29 is 50.5 Å². The minimum absolute atomic E-state index is 0.0547. The van der Waals surface area contributed by atoms with Crippen LogP contribution < -0.4 is 29.2 Å². The molecular weight excluding hydrogens is 930 g/mol. The number of carbonyl (C=O) groups excluding carboxylic acids is 2. The maximum Gasteiger partial charge on any atom is 0.387 e. The van der Waals surface area contributed by atoms with Gasteiger partial charge in [-0.05, 0) is 98.5 Å². The highest BCUT2D eigenvalue weighted by atomic mass is 35.5. The monoisotopic (exact) mass is 976 g/mol. The molecule has 4 aromatic rings. The molecule has 342 valence electrons. The molecule has 0 unspecified atom stereocenters. The van der Waals surface area contributed by atoms with Crippen molar-refractivity contribution in [3.63, 3.8) is 0 Å². The fourth-order valence-electron chi connectivity index (χ4n) is 5.50. The minimum atomic E-state index is -3.02. The van der Waals surface area contributed by atoms with E-state index in [9.17, 15) is 27.2 Å². The summed E-state index contributed by atoms with van der Waals surface area (Å²) in [6.45, 7) is 6.28. The lowest BCUT2D eigenvalue weighted by atomic mass is 10.1. The fraction of sp³-hybridized carbons (Fsp3) is 0.442. The summed E-state index contributed by atoms with van der Waals surface area (Å²) >= 11 is 24.8. The highest BCUT2D eigenvalue weighted by Crippen LogP contribution is 2.39. The van der Waals surface area contributed by atoms with Crippen LogP contribution in [0.1, 0.15) is 73.6 Å². The predicted octanol–water partition coefficient (Wildman–Crippen LogP) is 12.9. The maximum atomic E-state index is 13.7. The topological polar surface area (TPSA) is 121 Å². The van der Waals surface area contributed by atoms with Crippen LogP contribution in [0.5, 0.6) is 23.0 Å². The zero-order valence-electron chi connectivity index (χ0n) is 35.2. The molecule has 2 aromatic carbocycles. The Kier molecular flexibility index (Phi) is 17.6. The standard InChI is InChI=1S/C26H34Cl2F2N2O4Si.C17H14Cl2F2N2O3/c1-26(2,3)37(4,5)35-12-6-11-32(23-19(27)14-31-15-20(23)28)24(33)18-9-10-21(36-25(29)30)22(13-18)34-16-17-7-8-17;18-11-6-22-7-12(19)15(11)23-16(24)10-3-4-13(26-17(20)21)14(5-10)25-8-9-1-2-9/h9-10,13-15,17,25H,6-8,11-12,16H2,1-5H3;3-7,9,17H,1-2,8H2,(H,22,23,24). The largest absolute Gasteiger partial charge is 0.489 e. The Balaban J connectivity index is 0.000000252. The smallest absolute Gasteiger partial charge is 0.387 e. The number of ether oxygens (including phenoxy) is 4. The summed E-state index contributed by atoms with van der Waals surface area (Å²) in [6.07, 6.45) is 10.2. The number of alkyl halides is 4. The molecule has 0 spiro atoms. The summed E-state index contributed by atoms with van der Waals surface area (Å²) in [6, 6.07) is 8.12. The van der Waals surface area contributed by atoms with Gasteiger partial charge in [-0.3, -0.25) is 19.6 Å². The third-order valence-electron chi connectivity index (χ3n) is 10.4. The van der Waals surface area contributed by atoms with E-state index >= 15 is 0 Å². The van der Waals surface area contributed by atoms with E-state index in [4.69, 9.17) is 60.3 Å². The Hall–Kier alpha value is -4.06. The van der Waals surface area contributed by atoms with E-state index in [0.717, 1.165) is 25.7 Å². The number of nitrogens with one attached hydrogen (secondary N) is 1. The number of hydrogen-bond donors (Lipinski definition) is 1. The van der Waals surface area contributed by atoms with Gasteiger partial charge >= 0.3 is 13.2 Å². The second kappa shape index (κ2) is 22.2. The first-order valence-electron chi connectivity index (χ1n) is 20.0. The van der Waals surface area contributed by atoms with Crippen molar-refractivity contribution in [3.05, 3.63) is 92.4 Å². The molecule has 0 bridgehead atoms. The van der Waals surface area contributed by atoms with Gasteiger partial charge in [0.25, 0.3) is 11.8 Å². The van der Waals surface area contributed by atoms with E-state index in [1.54, 1.807) is 0 Å². The van der Waals surface area contributed by atoms with Crippen molar-refractivity contribution in [2.75, 3.05) is 36.6 Å². The third kappa shape index (κ3) is 14.7. The maximum absolute atomic E-state index is 13.7. The molecule has 0 atom stereocenters. The summed E-state index contributed by atoms with van der Waals surface area (Å²) in [5, 5.41) is 3.41. The van der Waals surface area contributed by atoms with Gasteiger partial charge in [0.2, 0.25) is 0 Å².